The fraction of sp³-hybridized carbons (Fsp3) is 0.259. The van der Waals surface area contributed by atoms with Crippen molar-refractivity contribution in [2.24, 2.45) is 0 Å². The van der Waals surface area contributed by atoms with Gasteiger partial charge < -0.3 is 4.90 Å². The highest BCUT2D eigenvalue weighted by Gasteiger charge is 2.18. The fourth-order valence-electron chi connectivity index (χ4n) is 4.18. The number of aromatic nitrogens is 6. The number of anilines is 1. The van der Waals surface area contributed by atoms with Crippen molar-refractivity contribution in [2.45, 2.75) is 20.4 Å². The zero-order chi connectivity index (χ0) is 24.4. The van der Waals surface area contributed by atoms with Crippen molar-refractivity contribution in [3.05, 3.63) is 85.1 Å². The van der Waals surface area contributed by atoms with Gasteiger partial charge in [-0.25, -0.2) is 14.2 Å². The Bertz CT molecular complexity index is 1410. The van der Waals surface area contributed by atoms with E-state index < -0.39 is 0 Å². The third-order valence-electron chi connectivity index (χ3n) is 6.35. The standard InChI is InChI=1S/C27H31N8/c1-5-32(6-2)17-21-7-9-24(10-8-21)35-19-26(29-30-35)27-28-16-15-25-18-33(20-34(25)27)23-13-11-22(12-14-23)31(3)4/h7-16,18-20H,5-6,17H2,1-4H3/q+1. The first-order valence-corrected chi connectivity index (χ1v) is 12.0. The van der Waals surface area contributed by atoms with Crippen LogP contribution in [0, 0.1) is 0 Å². The molecule has 0 spiro atoms. The molecule has 0 unspecified atom stereocenters. The summed E-state index contributed by atoms with van der Waals surface area (Å²) < 4.78 is 5.94. The van der Waals surface area contributed by atoms with Gasteiger partial charge in [0.1, 0.15) is 11.9 Å². The highest BCUT2D eigenvalue weighted by molar-refractivity contribution is 5.56. The van der Waals surface area contributed by atoms with Crippen LogP contribution >= 0.6 is 0 Å². The summed E-state index contributed by atoms with van der Waals surface area (Å²) in [6.45, 7) is 7.42. The zero-order valence-electron chi connectivity index (χ0n) is 20.7. The highest BCUT2D eigenvalue weighted by Crippen LogP contribution is 2.19. The van der Waals surface area contributed by atoms with Gasteiger partial charge in [0, 0.05) is 38.6 Å². The van der Waals surface area contributed by atoms with Crippen LogP contribution in [-0.2, 0) is 6.54 Å². The lowest BCUT2D eigenvalue weighted by molar-refractivity contribution is -0.594. The van der Waals surface area contributed by atoms with E-state index >= 15 is 0 Å². The first-order chi connectivity index (χ1) is 17.1. The van der Waals surface area contributed by atoms with Crippen LogP contribution in [0.1, 0.15) is 19.4 Å². The third kappa shape index (κ3) is 4.65. The summed E-state index contributed by atoms with van der Waals surface area (Å²) in [5.74, 6) is 0.746. The van der Waals surface area contributed by atoms with Gasteiger partial charge >= 0.3 is 0 Å². The van der Waals surface area contributed by atoms with Crippen LogP contribution in [0.2, 0.25) is 0 Å². The Morgan fingerprint density at radius 2 is 1.66 bits per heavy atom. The van der Waals surface area contributed by atoms with E-state index in [2.05, 4.69) is 98.2 Å². The lowest BCUT2D eigenvalue weighted by atomic mass is 10.2. The van der Waals surface area contributed by atoms with Crippen LogP contribution in [-0.4, -0.2) is 56.5 Å². The van der Waals surface area contributed by atoms with Gasteiger partial charge in [0.2, 0.25) is 0 Å². The average molecular weight is 468 g/mol. The Balaban J connectivity index is 1.42. The summed E-state index contributed by atoms with van der Waals surface area (Å²) in [6.07, 6.45) is 7.86. The van der Waals surface area contributed by atoms with Crippen LogP contribution in [0.5, 0.6) is 0 Å². The normalized spacial score (nSPS) is 11.5. The number of benzene rings is 2. The van der Waals surface area contributed by atoms with Gasteiger partial charge in [-0.2, -0.15) is 4.40 Å². The van der Waals surface area contributed by atoms with Crippen LogP contribution in [0.4, 0.5) is 5.69 Å². The molecule has 0 aliphatic carbocycles. The maximum absolute atomic E-state index is 4.62. The predicted molar refractivity (Wildman–Crippen MR) is 138 cm³/mol. The summed E-state index contributed by atoms with van der Waals surface area (Å²) in [4.78, 5) is 9.11. The number of rotatable bonds is 8. The SMILES string of the molecule is CCN(CC)Cc1ccc(-n2cc(-c3nccc4c[n+](-c5ccc(N(C)C)cc5)cn34)nn2)cc1. The Kier molecular flexibility index (Phi) is 6.29. The molecular weight excluding hydrogens is 436 g/mol. The number of hydrogen-bond acceptors (Lipinski definition) is 5. The number of fused-ring (bicyclic) bond motifs is 1. The van der Waals surface area contributed by atoms with Crippen LogP contribution in [0.25, 0.3) is 28.4 Å². The number of hydrogen-bond donors (Lipinski definition) is 0. The topological polar surface area (TPSA) is 58.4 Å². The van der Waals surface area contributed by atoms with E-state index in [4.69, 9.17) is 0 Å². The zero-order valence-corrected chi connectivity index (χ0v) is 20.7. The second kappa shape index (κ2) is 9.68. The van der Waals surface area contributed by atoms with E-state index in [1.807, 2.05) is 43.3 Å². The van der Waals surface area contributed by atoms with Gasteiger partial charge in [-0.3, -0.25) is 4.90 Å². The van der Waals surface area contributed by atoms with Gasteiger partial charge in [-0.05, 0) is 55.1 Å². The molecule has 2 aromatic carbocycles. The molecule has 5 rings (SSSR count). The molecule has 178 valence electrons. The minimum Gasteiger partial charge on any atom is -0.378 e. The van der Waals surface area contributed by atoms with Crippen molar-refractivity contribution >= 4 is 11.2 Å². The molecule has 0 radical (unpaired) electrons. The Morgan fingerprint density at radius 3 is 2.34 bits per heavy atom. The van der Waals surface area contributed by atoms with Gasteiger partial charge in [0.25, 0.3) is 12.2 Å². The molecular formula is C27H31N8+. The summed E-state index contributed by atoms with van der Waals surface area (Å²) in [5.41, 5.74) is 6.26. The molecule has 0 atom stereocenters. The molecule has 0 amide bonds. The number of imidazole rings is 1. The highest BCUT2D eigenvalue weighted by atomic mass is 15.4. The summed E-state index contributed by atoms with van der Waals surface area (Å²) in [6, 6.07) is 18.9. The third-order valence-corrected chi connectivity index (χ3v) is 6.35. The van der Waals surface area contributed by atoms with Crippen LogP contribution < -0.4 is 9.47 Å². The van der Waals surface area contributed by atoms with Gasteiger partial charge in [-0.15, -0.1) is 5.10 Å². The molecule has 0 fully saturated rings. The van der Waals surface area contributed by atoms with Crippen molar-refractivity contribution in [2.75, 3.05) is 32.1 Å². The van der Waals surface area contributed by atoms with E-state index in [9.17, 15) is 0 Å². The van der Waals surface area contributed by atoms with Crippen molar-refractivity contribution in [1.29, 1.82) is 0 Å². The maximum Gasteiger partial charge on any atom is 0.256 e. The molecule has 8 nitrogen and oxygen atoms in total. The van der Waals surface area contributed by atoms with Crippen LogP contribution in [0.15, 0.2) is 79.5 Å². The molecule has 35 heavy (non-hydrogen) atoms. The minimum absolute atomic E-state index is 0.716. The summed E-state index contributed by atoms with van der Waals surface area (Å²) in [7, 11) is 4.08. The lowest BCUT2D eigenvalue weighted by Crippen LogP contribution is -2.27. The molecule has 0 bridgehead atoms. The molecule has 5 aromatic rings. The molecule has 0 N–H and O–H groups in total. The molecule has 0 saturated carbocycles. The van der Waals surface area contributed by atoms with Crippen molar-refractivity contribution in [3.63, 3.8) is 0 Å². The molecule has 0 aliphatic heterocycles. The van der Waals surface area contributed by atoms with Crippen LogP contribution in [0.3, 0.4) is 0 Å². The number of nitrogens with zero attached hydrogens (tertiary/aromatic N) is 8. The maximum atomic E-state index is 4.62. The molecule has 8 heteroatoms. The fourth-order valence-corrected chi connectivity index (χ4v) is 4.18. The van der Waals surface area contributed by atoms with Crippen molar-refractivity contribution in [1.82, 2.24) is 29.3 Å². The lowest BCUT2D eigenvalue weighted by Gasteiger charge is -2.17. The molecule has 0 aliphatic rings. The smallest absolute Gasteiger partial charge is 0.256 e. The quantitative estimate of drug-likeness (QED) is 0.325. The molecule has 0 saturated heterocycles. The van der Waals surface area contributed by atoms with Gasteiger partial charge in [-0.1, -0.05) is 31.2 Å². The Hall–Kier alpha value is -4.04. The Morgan fingerprint density at radius 1 is 0.914 bits per heavy atom. The predicted octanol–water partition coefficient (Wildman–Crippen LogP) is 3.77. The van der Waals surface area contributed by atoms with Crippen molar-refractivity contribution in [3.8, 4) is 22.9 Å². The van der Waals surface area contributed by atoms with Gasteiger partial charge in [0.15, 0.2) is 11.2 Å². The first-order valence-electron chi connectivity index (χ1n) is 12.0. The van der Waals surface area contributed by atoms with E-state index in [0.29, 0.717) is 5.69 Å². The van der Waals surface area contributed by atoms with E-state index in [-0.39, 0.29) is 0 Å². The Labute approximate surface area is 205 Å². The second-order valence-electron chi connectivity index (χ2n) is 8.80. The van der Waals surface area contributed by atoms with E-state index in [1.54, 1.807) is 4.68 Å². The van der Waals surface area contributed by atoms with E-state index in [1.165, 1.54) is 5.56 Å². The van der Waals surface area contributed by atoms with Gasteiger partial charge in [0.05, 0.1) is 11.9 Å². The average Bonchev–Trinajstić information content (AvgIpc) is 3.55. The molecule has 3 aromatic heterocycles. The minimum atomic E-state index is 0.716. The largest absolute Gasteiger partial charge is 0.378 e. The van der Waals surface area contributed by atoms with Crippen molar-refractivity contribution < 1.29 is 4.57 Å². The second-order valence-corrected chi connectivity index (χ2v) is 8.80. The first kappa shape index (κ1) is 22.7. The van der Waals surface area contributed by atoms with E-state index in [0.717, 1.165) is 48.0 Å². The monoisotopic (exact) mass is 467 g/mol. The molecule has 3 heterocycles. The summed E-state index contributed by atoms with van der Waals surface area (Å²) in [5, 5.41) is 8.81. The summed E-state index contributed by atoms with van der Waals surface area (Å²) >= 11 is 0.